The van der Waals surface area contributed by atoms with Crippen LogP contribution in [0.4, 0.5) is 0 Å². The summed E-state index contributed by atoms with van der Waals surface area (Å²) in [5, 5.41) is 3.89. The van der Waals surface area contributed by atoms with E-state index in [9.17, 15) is 4.79 Å². The molecule has 2 aromatic carbocycles. The van der Waals surface area contributed by atoms with Gasteiger partial charge in [0.1, 0.15) is 6.33 Å². The normalized spacial score (nSPS) is 16.2. The Bertz CT molecular complexity index is 905. The molecular weight excluding hydrogens is 314 g/mol. The predicted molar refractivity (Wildman–Crippen MR) is 95.3 cm³/mol. The lowest BCUT2D eigenvalue weighted by Gasteiger charge is -2.26. The molecule has 0 bridgehead atoms. The molecule has 1 N–H and O–H groups in total. The van der Waals surface area contributed by atoms with E-state index in [1.54, 1.807) is 0 Å². The number of fused-ring (bicyclic) bond motifs is 2. The van der Waals surface area contributed by atoms with E-state index >= 15 is 0 Å². The monoisotopic (exact) mass is 333 g/mol. The van der Waals surface area contributed by atoms with E-state index in [4.69, 9.17) is 4.74 Å². The number of ether oxygens (including phenoxy) is 1. The Labute approximate surface area is 146 Å². The number of amides is 1. The first kappa shape index (κ1) is 15.6. The van der Waals surface area contributed by atoms with Gasteiger partial charge in [-0.15, -0.1) is 0 Å². The maximum absolute atomic E-state index is 12.4. The quantitative estimate of drug-likeness (QED) is 0.796. The van der Waals surface area contributed by atoms with Crippen molar-refractivity contribution in [2.24, 2.45) is 0 Å². The maximum Gasteiger partial charge on any atom is 0.258 e. The molecule has 126 valence electrons. The smallest absolute Gasteiger partial charge is 0.258 e. The van der Waals surface area contributed by atoms with Crippen LogP contribution in [0.5, 0.6) is 5.88 Å². The predicted octanol–water partition coefficient (Wildman–Crippen LogP) is 3.20. The van der Waals surface area contributed by atoms with E-state index in [-0.39, 0.29) is 18.6 Å². The van der Waals surface area contributed by atoms with E-state index in [1.807, 2.05) is 36.4 Å². The fraction of sp³-hybridized carbons (Fsp3) is 0.250. The number of benzene rings is 2. The zero-order chi connectivity index (χ0) is 17.1. The molecule has 0 spiro atoms. The third-order valence-corrected chi connectivity index (χ3v) is 4.55. The van der Waals surface area contributed by atoms with Gasteiger partial charge in [-0.2, -0.15) is 0 Å². The fourth-order valence-electron chi connectivity index (χ4n) is 3.37. The minimum atomic E-state index is -0.135. The van der Waals surface area contributed by atoms with Gasteiger partial charge in [0.15, 0.2) is 6.61 Å². The molecule has 4 rings (SSSR count). The average Bonchev–Trinajstić information content (AvgIpc) is 2.66. The number of aromatic nitrogens is 2. The van der Waals surface area contributed by atoms with Crippen LogP contribution < -0.4 is 10.1 Å². The van der Waals surface area contributed by atoms with Crippen LogP contribution in [0.1, 0.15) is 30.0 Å². The molecule has 25 heavy (non-hydrogen) atoms. The Hall–Kier alpha value is -2.95. The van der Waals surface area contributed by atoms with Crippen LogP contribution in [0.25, 0.3) is 10.9 Å². The molecule has 0 saturated heterocycles. The first-order valence-corrected chi connectivity index (χ1v) is 8.51. The van der Waals surface area contributed by atoms with Gasteiger partial charge in [0.05, 0.1) is 16.9 Å². The first-order valence-electron chi connectivity index (χ1n) is 8.51. The summed E-state index contributed by atoms with van der Waals surface area (Å²) >= 11 is 0. The van der Waals surface area contributed by atoms with Crippen LogP contribution in [0.2, 0.25) is 0 Å². The lowest BCUT2D eigenvalue weighted by atomic mass is 9.88. The number of rotatable bonds is 4. The Kier molecular flexibility index (Phi) is 4.29. The molecule has 1 unspecified atom stereocenters. The van der Waals surface area contributed by atoms with Gasteiger partial charge in [0.2, 0.25) is 5.88 Å². The zero-order valence-electron chi connectivity index (χ0n) is 13.8. The number of carbonyl (C=O) groups is 1. The molecule has 1 aliphatic rings. The number of aryl methyl sites for hydroxylation is 1. The highest BCUT2D eigenvalue weighted by molar-refractivity contribution is 5.84. The van der Waals surface area contributed by atoms with Crippen molar-refractivity contribution in [3.05, 3.63) is 66.0 Å². The molecule has 1 atom stereocenters. The summed E-state index contributed by atoms with van der Waals surface area (Å²) in [6, 6.07) is 15.9. The van der Waals surface area contributed by atoms with E-state index < -0.39 is 0 Å². The third kappa shape index (κ3) is 3.31. The van der Waals surface area contributed by atoms with Crippen LogP contribution in [0, 0.1) is 0 Å². The van der Waals surface area contributed by atoms with Crippen LogP contribution in [0.3, 0.4) is 0 Å². The van der Waals surface area contributed by atoms with Crippen molar-refractivity contribution in [1.82, 2.24) is 15.3 Å². The second kappa shape index (κ2) is 6.89. The molecule has 0 fully saturated rings. The highest BCUT2D eigenvalue weighted by Crippen LogP contribution is 2.29. The molecular formula is C20H19N3O2. The van der Waals surface area contributed by atoms with Crippen molar-refractivity contribution < 1.29 is 9.53 Å². The second-order valence-corrected chi connectivity index (χ2v) is 6.20. The topological polar surface area (TPSA) is 64.1 Å². The Morgan fingerprint density at radius 1 is 1.12 bits per heavy atom. The van der Waals surface area contributed by atoms with Crippen molar-refractivity contribution in [1.29, 1.82) is 0 Å². The highest BCUT2D eigenvalue weighted by atomic mass is 16.5. The summed E-state index contributed by atoms with van der Waals surface area (Å²) in [5.74, 6) is 0.300. The van der Waals surface area contributed by atoms with Crippen LogP contribution in [0.15, 0.2) is 54.9 Å². The lowest BCUT2D eigenvalue weighted by Crippen LogP contribution is -2.34. The molecule has 5 nitrogen and oxygen atoms in total. The average molecular weight is 333 g/mol. The molecule has 0 saturated carbocycles. The summed E-state index contributed by atoms with van der Waals surface area (Å²) in [6.45, 7) is -0.0559. The Morgan fingerprint density at radius 2 is 1.96 bits per heavy atom. The summed E-state index contributed by atoms with van der Waals surface area (Å²) < 4.78 is 5.65. The van der Waals surface area contributed by atoms with Crippen molar-refractivity contribution in [3.8, 4) is 5.88 Å². The number of hydrogen-bond acceptors (Lipinski definition) is 4. The van der Waals surface area contributed by atoms with E-state index in [0.29, 0.717) is 5.88 Å². The van der Waals surface area contributed by atoms with Gasteiger partial charge in [-0.3, -0.25) is 4.79 Å². The van der Waals surface area contributed by atoms with Crippen molar-refractivity contribution in [3.63, 3.8) is 0 Å². The largest absolute Gasteiger partial charge is 0.467 e. The number of para-hydroxylation sites is 1. The van der Waals surface area contributed by atoms with Crippen molar-refractivity contribution in [2.45, 2.75) is 25.3 Å². The molecule has 0 aliphatic heterocycles. The minimum absolute atomic E-state index is 0.0559. The Morgan fingerprint density at radius 3 is 2.92 bits per heavy atom. The number of nitrogens with one attached hydrogen (secondary N) is 1. The van der Waals surface area contributed by atoms with Gasteiger partial charge >= 0.3 is 0 Å². The SMILES string of the molecule is O=C(COc1ncnc2ccccc12)NC1CCCc2ccccc21. The molecule has 1 aromatic heterocycles. The fourth-order valence-corrected chi connectivity index (χ4v) is 3.37. The first-order chi connectivity index (χ1) is 12.3. The van der Waals surface area contributed by atoms with Gasteiger partial charge < -0.3 is 10.1 Å². The third-order valence-electron chi connectivity index (χ3n) is 4.55. The summed E-state index contributed by atoms with van der Waals surface area (Å²) in [5.41, 5.74) is 3.34. The molecule has 1 aliphatic carbocycles. The Balaban J connectivity index is 1.43. The van der Waals surface area contributed by atoms with Gasteiger partial charge in [0.25, 0.3) is 5.91 Å². The summed E-state index contributed by atoms with van der Waals surface area (Å²) in [6.07, 6.45) is 4.57. The lowest BCUT2D eigenvalue weighted by molar-refractivity contribution is -0.124. The molecule has 0 radical (unpaired) electrons. The molecule has 1 heterocycles. The van der Waals surface area contributed by atoms with Crippen molar-refractivity contribution >= 4 is 16.8 Å². The summed E-state index contributed by atoms with van der Waals surface area (Å²) in [7, 11) is 0. The van der Waals surface area contributed by atoms with E-state index in [2.05, 4.69) is 27.4 Å². The molecule has 1 amide bonds. The van der Waals surface area contributed by atoms with Crippen LogP contribution >= 0.6 is 0 Å². The number of nitrogens with zero attached hydrogens (tertiary/aromatic N) is 2. The van der Waals surface area contributed by atoms with E-state index in [0.717, 1.165) is 30.2 Å². The highest BCUT2D eigenvalue weighted by Gasteiger charge is 2.21. The summed E-state index contributed by atoms with van der Waals surface area (Å²) in [4.78, 5) is 20.7. The standard InChI is InChI=1S/C20H19N3O2/c24-19(23-18-11-5-7-14-6-1-2-8-15(14)18)12-25-20-16-9-3-4-10-17(16)21-13-22-20/h1-4,6,8-10,13,18H,5,7,11-12H2,(H,23,24). The van der Waals surface area contributed by atoms with E-state index in [1.165, 1.54) is 17.5 Å². The number of carbonyl (C=O) groups excluding carboxylic acids is 1. The molecule has 5 heteroatoms. The van der Waals surface area contributed by atoms with Gasteiger partial charge in [-0.1, -0.05) is 36.4 Å². The van der Waals surface area contributed by atoms with Crippen LogP contribution in [-0.2, 0) is 11.2 Å². The van der Waals surface area contributed by atoms with Gasteiger partial charge in [-0.05, 0) is 42.5 Å². The van der Waals surface area contributed by atoms with Crippen molar-refractivity contribution in [2.75, 3.05) is 6.61 Å². The van der Waals surface area contributed by atoms with Crippen LogP contribution in [-0.4, -0.2) is 22.5 Å². The van der Waals surface area contributed by atoms with Gasteiger partial charge in [-0.25, -0.2) is 9.97 Å². The zero-order valence-corrected chi connectivity index (χ0v) is 13.8. The minimum Gasteiger partial charge on any atom is -0.467 e. The number of hydrogen-bond donors (Lipinski definition) is 1. The molecule has 3 aromatic rings. The second-order valence-electron chi connectivity index (χ2n) is 6.20. The maximum atomic E-state index is 12.4. The van der Waals surface area contributed by atoms with Gasteiger partial charge in [0, 0.05) is 0 Å².